The molecule has 0 radical (unpaired) electrons. The molecule has 6 aliphatic rings. The van der Waals surface area contributed by atoms with Crippen LogP contribution >= 0.6 is 0 Å². The first-order valence-electron chi connectivity index (χ1n) is 10.9. The zero-order chi connectivity index (χ0) is 17.5. The van der Waals surface area contributed by atoms with Gasteiger partial charge >= 0.3 is 0 Å². The third kappa shape index (κ3) is 0.760. The molecule has 134 valence electrons. The van der Waals surface area contributed by atoms with Crippen molar-refractivity contribution in [3.05, 3.63) is 0 Å². The molecule has 6 aliphatic carbocycles. The quantitative estimate of drug-likeness (QED) is 0.499. The number of hydrogen-bond acceptors (Lipinski definition) is 0. The molecule has 0 N–H and O–H groups in total. The predicted octanol–water partition coefficient (Wildman–Crippen LogP) is 6.26. The lowest BCUT2D eigenvalue weighted by molar-refractivity contribution is -0.602. The van der Waals surface area contributed by atoms with E-state index >= 15 is 0 Å². The van der Waals surface area contributed by atoms with Gasteiger partial charge in [0.2, 0.25) is 0 Å². The van der Waals surface area contributed by atoms with Gasteiger partial charge < -0.3 is 0 Å². The molecule has 0 aromatic rings. The summed E-state index contributed by atoms with van der Waals surface area (Å²) in [5, 5.41) is 0. The number of rotatable bonds is 1. The smallest absolute Gasteiger partial charge is 0.0167 e. The maximum Gasteiger partial charge on any atom is -0.0167 e. The van der Waals surface area contributed by atoms with Gasteiger partial charge in [0.05, 0.1) is 0 Å². The molecule has 0 saturated heterocycles. The summed E-state index contributed by atoms with van der Waals surface area (Å²) in [4.78, 5) is 0. The van der Waals surface area contributed by atoms with E-state index in [-0.39, 0.29) is 0 Å². The Hall–Kier alpha value is 0. The van der Waals surface area contributed by atoms with Crippen LogP contribution in [0.4, 0.5) is 0 Å². The van der Waals surface area contributed by atoms with Crippen LogP contribution in [0.1, 0.15) is 75.2 Å². The molecule has 6 saturated carbocycles. The minimum absolute atomic E-state index is 0.534. The average Bonchev–Trinajstić information content (AvgIpc) is 2.54. The lowest BCUT2D eigenvalue weighted by atomic mass is 8.97. The van der Waals surface area contributed by atoms with E-state index < -0.39 is 0 Å². The van der Waals surface area contributed by atoms with E-state index in [1.165, 1.54) is 6.42 Å². The molecule has 6 rings (SSSR count). The second-order valence-corrected chi connectivity index (χ2v) is 12.7. The van der Waals surface area contributed by atoms with Gasteiger partial charge in [0.1, 0.15) is 0 Å². The summed E-state index contributed by atoms with van der Waals surface area (Å²) in [6, 6.07) is 0. The average molecular weight is 327 g/mol. The normalized spacial score (nSPS) is 78.1. The van der Waals surface area contributed by atoms with Crippen LogP contribution in [0.15, 0.2) is 0 Å². The summed E-state index contributed by atoms with van der Waals surface area (Å²) in [5.41, 5.74) is 3.67. The predicted molar refractivity (Wildman–Crippen MR) is 99.3 cm³/mol. The van der Waals surface area contributed by atoms with Crippen LogP contribution in [0, 0.1) is 73.9 Å². The molecule has 0 spiro atoms. The maximum absolute atomic E-state index is 2.76. The second kappa shape index (κ2) is 3.20. The molecule has 0 amide bonds. The highest BCUT2D eigenvalue weighted by Crippen LogP contribution is 3.07. The summed E-state index contributed by atoms with van der Waals surface area (Å²) >= 11 is 0. The topological polar surface area (TPSA) is 0 Å². The Morgan fingerprint density at radius 3 is 1.83 bits per heavy atom. The van der Waals surface area contributed by atoms with Crippen LogP contribution in [0.25, 0.3) is 0 Å². The van der Waals surface area contributed by atoms with Crippen molar-refractivity contribution in [2.45, 2.75) is 75.2 Å². The van der Waals surface area contributed by atoms with Gasteiger partial charge in [0, 0.05) is 0 Å². The molecular weight excluding hydrogens is 288 g/mol. The van der Waals surface area contributed by atoms with Crippen LogP contribution in [0.3, 0.4) is 0 Å². The minimum atomic E-state index is 0.534. The highest BCUT2D eigenvalue weighted by atomic mass is 15.1. The van der Waals surface area contributed by atoms with Crippen molar-refractivity contribution in [3.63, 3.8) is 0 Å². The van der Waals surface area contributed by atoms with E-state index in [1.807, 2.05) is 0 Å². The molecule has 0 aromatic heterocycles. The zero-order valence-electron chi connectivity index (χ0n) is 17.5. The van der Waals surface area contributed by atoms with Crippen molar-refractivity contribution >= 4 is 0 Å². The standard InChI is InChI=1S/C24H38/c1-10-13-11-14-16-18-17-15-12(2)19(3,4)21(15,6)23(17,8)24(18,9)22(16,7)20(13,14)5/h12-18H,10-11H2,1-9H3. The Balaban J connectivity index is 1.48. The third-order valence-electron chi connectivity index (χ3n) is 14.3. The van der Waals surface area contributed by atoms with E-state index in [0.29, 0.717) is 32.5 Å². The van der Waals surface area contributed by atoms with Gasteiger partial charge in [-0.25, -0.2) is 0 Å². The van der Waals surface area contributed by atoms with Crippen LogP contribution in [-0.4, -0.2) is 0 Å². The molecule has 6 fully saturated rings. The molecule has 0 aliphatic heterocycles. The Morgan fingerprint density at radius 1 is 0.708 bits per heavy atom. The fourth-order valence-electron chi connectivity index (χ4n) is 12.5. The first kappa shape index (κ1) is 15.1. The lowest BCUT2D eigenvalue weighted by Crippen LogP contribution is -3.03. The Labute approximate surface area is 149 Å². The molecule has 0 nitrogen and oxygen atoms in total. The monoisotopic (exact) mass is 326 g/mol. The SMILES string of the molecule is CCC1CC2C3C4C5C6C(C)C(C)(C)C6(C)C5(C)C4(C)C3(C)C12C. The fraction of sp³-hybridized carbons (Fsp3) is 1.00. The van der Waals surface area contributed by atoms with Gasteiger partial charge in [-0.3, -0.25) is 0 Å². The van der Waals surface area contributed by atoms with Gasteiger partial charge in [0.25, 0.3) is 0 Å². The molecule has 12 atom stereocenters. The highest BCUT2D eigenvalue weighted by Gasteiger charge is 3.03. The molecule has 0 bridgehead atoms. The number of hydrogen-bond donors (Lipinski definition) is 0. The van der Waals surface area contributed by atoms with Crippen molar-refractivity contribution < 1.29 is 0 Å². The van der Waals surface area contributed by atoms with Gasteiger partial charge in [-0.15, -0.1) is 0 Å². The van der Waals surface area contributed by atoms with Crippen molar-refractivity contribution in [2.75, 3.05) is 0 Å². The van der Waals surface area contributed by atoms with E-state index in [1.54, 1.807) is 6.42 Å². The van der Waals surface area contributed by atoms with Crippen LogP contribution in [0.5, 0.6) is 0 Å². The van der Waals surface area contributed by atoms with Gasteiger partial charge in [0.15, 0.2) is 0 Å². The van der Waals surface area contributed by atoms with Crippen LogP contribution in [0.2, 0.25) is 0 Å². The molecule has 0 heteroatoms. The van der Waals surface area contributed by atoms with Crippen LogP contribution < -0.4 is 0 Å². The van der Waals surface area contributed by atoms with Crippen LogP contribution in [-0.2, 0) is 0 Å². The molecular formula is C24H38. The summed E-state index contributed by atoms with van der Waals surface area (Å²) in [7, 11) is 0. The lowest BCUT2D eigenvalue weighted by Gasteiger charge is -3.07. The fourth-order valence-corrected chi connectivity index (χ4v) is 12.5. The Bertz CT molecular complexity index is 690. The summed E-state index contributed by atoms with van der Waals surface area (Å²) in [6.07, 6.45) is 2.98. The van der Waals surface area contributed by atoms with Gasteiger partial charge in [-0.1, -0.05) is 68.7 Å². The third-order valence-corrected chi connectivity index (χ3v) is 14.3. The van der Waals surface area contributed by atoms with Gasteiger partial charge in [-0.05, 0) is 80.3 Å². The first-order chi connectivity index (χ1) is 10.9. The van der Waals surface area contributed by atoms with E-state index in [4.69, 9.17) is 0 Å². The van der Waals surface area contributed by atoms with E-state index in [2.05, 4.69) is 62.3 Å². The van der Waals surface area contributed by atoms with E-state index in [9.17, 15) is 0 Å². The largest absolute Gasteiger partial charge is 0.0651 e. The number of fused-ring (bicyclic) bond motifs is 13. The Kier molecular flexibility index (Phi) is 2.01. The van der Waals surface area contributed by atoms with Crippen molar-refractivity contribution in [1.29, 1.82) is 0 Å². The molecule has 0 heterocycles. The van der Waals surface area contributed by atoms with Gasteiger partial charge in [-0.2, -0.15) is 0 Å². The summed E-state index contributed by atoms with van der Waals surface area (Å²) < 4.78 is 0. The zero-order valence-corrected chi connectivity index (χ0v) is 17.5. The van der Waals surface area contributed by atoms with Crippen molar-refractivity contribution in [3.8, 4) is 0 Å². The Morgan fingerprint density at radius 2 is 1.25 bits per heavy atom. The summed E-state index contributed by atoms with van der Waals surface area (Å²) in [6.45, 7) is 23.9. The minimum Gasteiger partial charge on any atom is -0.0651 e. The van der Waals surface area contributed by atoms with Crippen molar-refractivity contribution in [1.82, 2.24) is 0 Å². The highest BCUT2D eigenvalue weighted by molar-refractivity contribution is 5.49. The summed E-state index contributed by atoms with van der Waals surface area (Å²) in [5.74, 6) is 7.32. The molecule has 24 heavy (non-hydrogen) atoms. The maximum atomic E-state index is 2.76. The van der Waals surface area contributed by atoms with E-state index in [0.717, 1.165) is 41.4 Å². The molecule has 12 unspecified atom stereocenters. The van der Waals surface area contributed by atoms with Crippen molar-refractivity contribution in [2.24, 2.45) is 73.9 Å². The molecule has 0 aromatic carbocycles. The second-order valence-electron chi connectivity index (χ2n) is 12.7. The first-order valence-corrected chi connectivity index (χ1v) is 10.9.